The van der Waals surface area contributed by atoms with E-state index < -0.39 is 0 Å². The zero-order chi connectivity index (χ0) is 12.9. The van der Waals surface area contributed by atoms with Crippen molar-refractivity contribution in [2.75, 3.05) is 0 Å². The second kappa shape index (κ2) is 12.1. The Kier molecular flexibility index (Phi) is 11.8. The Bertz CT molecular complexity index is 168. The lowest BCUT2D eigenvalue weighted by molar-refractivity contribution is -0.108. The molecule has 102 valence electrons. The fourth-order valence-corrected chi connectivity index (χ4v) is 2.08. The average molecular weight is 241 g/mol. The van der Waals surface area contributed by atoms with Crippen LogP contribution in [0.5, 0.6) is 0 Å². The number of nitrogens with two attached hydrogens (primary N) is 1. The van der Waals surface area contributed by atoms with Crippen LogP contribution in [0.2, 0.25) is 0 Å². The van der Waals surface area contributed by atoms with Crippen molar-refractivity contribution in [3.8, 4) is 0 Å². The first kappa shape index (κ1) is 16.6. The Hall–Kier alpha value is -0.370. The zero-order valence-electron chi connectivity index (χ0n) is 11.8. The van der Waals surface area contributed by atoms with Gasteiger partial charge in [0.2, 0.25) is 0 Å². The molecule has 0 saturated heterocycles. The van der Waals surface area contributed by atoms with E-state index in [9.17, 15) is 4.79 Å². The van der Waals surface area contributed by atoms with Crippen molar-refractivity contribution >= 4 is 6.29 Å². The molecular weight excluding hydrogens is 210 g/mol. The van der Waals surface area contributed by atoms with Gasteiger partial charge in [0.25, 0.3) is 0 Å². The van der Waals surface area contributed by atoms with Gasteiger partial charge in [0.15, 0.2) is 0 Å². The molecule has 0 radical (unpaired) electrons. The number of hydrogen-bond donors (Lipinski definition) is 1. The third-order valence-electron chi connectivity index (χ3n) is 3.26. The van der Waals surface area contributed by atoms with E-state index in [1.807, 2.05) is 0 Å². The Morgan fingerprint density at radius 2 is 1.35 bits per heavy atom. The first-order valence-electron chi connectivity index (χ1n) is 7.36. The molecule has 0 aliphatic carbocycles. The maximum atomic E-state index is 10.2. The largest absolute Gasteiger partial charge is 0.327 e. The molecule has 17 heavy (non-hydrogen) atoms. The van der Waals surface area contributed by atoms with Gasteiger partial charge in [0.05, 0.1) is 0 Å². The van der Waals surface area contributed by atoms with Crippen LogP contribution in [0.3, 0.4) is 0 Å². The molecule has 0 aromatic heterocycles. The highest BCUT2D eigenvalue weighted by molar-refractivity contribution is 5.50. The van der Waals surface area contributed by atoms with Crippen molar-refractivity contribution in [3.63, 3.8) is 0 Å². The van der Waals surface area contributed by atoms with Crippen LogP contribution in [0.4, 0.5) is 0 Å². The van der Waals surface area contributed by atoms with Crippen LogP contribution in [0.1, 0.15) is 78.1 Å². The SMILES string of the molecule is CC(C)CCCCCCCCCC(N)CC=O. The van der Waals surface area contributed by atoms with Gasteiger partial charge in [-0.05, 0) is 12.3 Å². The van der Waals surface area contributed by atoms with E-state index in [1.165, 1.54) is 51.4 Å². The molecular formula is C15H31NO. The molecule has 1 atom stereocenters. The fourth-order valence-electron chi connectivity index (χ4n) is 2.08. The van der Waals surface area contributed by atoms with Crippen molar-refractivity contribution in [1.29, 1.82) is 0 Å². The normalized spacial score (nSPS) is 12.9. The van der Waals surface area contributed by atoms with Crippen molar-refractivity contribution in [2.45, 2.75) is 84.1 Å². The molecule has 2 heteroatoms. The van der Waals surface area contributed by atoms with Crippen molar-refractivity contribution in [2.24, 2.45) is 11.7 Å². The van der Waals surface area contributed by atoms with E-state index in [0.29, 0.717) is 6.42 Å². The minimum atomic E-state index is 0.0959. The first-order chi connectivity index (χ1) is 8.16. The molecule has 0 aliphatic rings. The predicted molar refractivity (Wildman–Crippen MR) is 75.0 cm³/mol. The summed E-state index contributed by atoms with van der Waals surface area (Å²) in [6.45, 7) is 4.59. The Morgan fingerprint density at radius 3 is 1.82 bits per heavy atom. The first-order valence-corrected chi connectivity index (χ1v) is 7.36. The van der Waals surface area contributed by atoms with Crippen LogP contribution < -0.4 is 5.73 Å². The molecule has 0 bridgehead atoms. The molecule has 0 amide bonds. The van der Waals surface area contributed by atoms with Crippen LogP contribution in [0.25, 0.3) is 0 Å². The van der Waals surface area contributed by atoms with Crippen LogP contribution in [-0.4, -0.2) is 12.3 Å². The summed E-state index contributed by atoms with van der Waals surface area (Å²) in [5.74, 6) is 0.856. The summed E-state index contributed by atoms with van der Waals surface area (Å²) in [7, 11) is 0. The lowest BCUT2D eigenvalue weighted by Crippen LogP contribution is -2.19. The van der Waals surface area contributed by atoms with E-state index in [-0.39, 0.29) is 6.04 Å². The average Bonchev–Trinajstić information content (AvgIpc) is 2.27. The summed E-state index contributed by atoms with van der Waals surface area (Å²) in [6, 6.07) is 0.0959. The number of aldehydes is 1. The predicted octanol–water partition coefficient (Wildman–Crippen LogP) is 4.07. The molecule has 0 aromatic rings. The topological polar surface area (TPSA) is 43.1 Å². The van der Waals surface area contributed by atoms with Crippen molar-refractivity contribution in [3.05, 3.63) is 0 Å². The Labute approximate surface area is 107 Å². The van der Waals surface area contributed by atoms with Gasteiger partial charge in [0.1, 0.15) is 6.29 Å². The van der Waals surface area contributed by atoms with Gasteiger partial charge in [-0.2, -0.15) is 0 Å². The molecule has 0 aliphatic heterocycles. The molecule has 0 spiro atoms. The standard InChI is InChI=1S/C15H31NO/c1-14(2)10-8-6-4-3-5-7-9-11-15(16)12-13-17/h13-15H,3-12,16H2,1-2H3. The molecule has 0 heterocycles. The summed E-state index contributed by atoms with van der Waals surface area (Å²) in [5, 5.41) is 0. The molecule has 2 nitrogen and oxygen atoms in total. The van der Waals surface area contributed by atoms with Gasteiger partial charge in [-0.1, -0.05) is 65.2 Å². The third kappa shape index (κ3) is 13.6. The highest BCUT2D eigenvalue weighted by Gasteiger charge is 2.00. The van der Waals surface area contributed by atoms with Gasteiger partial charge in [-0.25, -0.2) is 0 Å². The highest BCUT2D eigenvalue weighted by atomic mass is 16.1. The minimum absolute atomic E-state index is 0.0959. The monoisotopic (exact) mass is 241 g/mol. The van der Waals surface area contributed by atoms with Gasteiger partial charge in [-0.3, -0.25) is 0 Å². The number of carbonyl (C=O) groups is 1. The van der Waals surface area contributed by atoms with Gasteiger partial charge < -0.3 is 10.5 Å². The molecule has 0 saturated carbocycles. The Morgan fingerprint density at radius 1 is 0.882 bits per heavy atom. The minimum Gasteiger partial charge on any atom is -0.327 e. The second-order valence-corrected chi connectivity index (χ2v) is 5.61. The number of carbonyl (C=O) groups excluding carboxylic acids is 1. The lowest BCUT2D eigenvalue weighted by atomic mass is 10.0. The van der Waals surface area contributed by atoms with Crippen LogP contribution in [0.15, 0.2) is 0 Å². The molecule has 0 fully saturated rings. The third-order valence-corrected chi connectivity index (χ3v) is 3.26. The van der Waals surface area contributed by atoms with E-state index in [0.717, 1.165) is 18.6 Å². The molecule has 0 rings (SSSR count). The quantitative estimate of drug-likeness (QED) is 0.413. The zero-order valence-corrected chi connectivity index (χ0v) is 11.8. The van der Waals surface area contributed by atoms with Gasteiger partial charge in [0, 0.05) is 12.5 Å². The number of rotatable bonds is 12. The van der Waals surface area contributed by atoms with Gasteiger partial charge in [-0.15, -0.1) is 0 Å². The highest BCUT2D eigenvalue weighted by Crippen LogP contribution is 2.13. The maximum absolute atomic E-state index is 10.2. The van der Waals surface area contributed by atoms with Crippen LogP contribution in [-0.2, 0) is 4.79 Å². The number of hydrogen-bond acceptors (Lipinski definition) is 2. The lowest BCUT2D eigenvalue weighted by Gasteiger charge is -2.07. The number of unbranched alkanes of at least 4 members (excludes halogenated alkanes) is 6. The van der Waals surface area contributed by atoms with Gasteiger partial charge >= 0.3 is 0 Å². The van der Waals surface area contributed by atoms with E-state index in [1.54, 1.807) is 0 Å². The second-order valence-electron chi connectivity index (χ2n) is 5.61. The Balaban J connectivity index is 3.05. The van der Waals surface area contributed by atoms with E-state index >= 15 is 0 Å². The summed E-state index contributed by atoms with van der Waals surface area (Å²) in [4.78, 5) is 10.2. The maximum Gasteiger partial charge on any atom is 0.121 e. The summed E-state index contributed by atoms with van der Waals surface area (Å²) < 4.78 is 0. The summed E-state index contributed by atoms with van der Waals surface area (Å²) in [5.41, 5.74) is 5.76. The van der Waals surface area contributed by atoms with E-state index in [2.05, 4.69) is 13.8 Å². The van der Waals surface area contributed by atoms with Crippen LogP contribution >= 0.6 is 0 Å². The molecule has 0 aromatic carbocycles. The van der Waals surface area contributed by atoms with Crippen molar-refractivity contribution < 1.29 is 4.79 Å². The smallest absolute Gasteiger partial charge is 0.121 e. The summed E-state index contributed by atoms with van der Waals surface area (Å²) >= 11 is 0. The van der Waals surface area contributed by atoms with Crippen molar-refractivity contribution in [1.82, 2.24) is 0 Å². The molecule has 1 unspecified atom stereocenters. The van der Waals surface area contributed by atoms with E-state index in [4.69, 9.17) is 5.73 Å². The molecule has 2 N–H and O–H groups in total. The summed E-state index contributed by atoms with van der Waals surface area (Å²) in [6.07, 6.45) is 13.1. The fraction of sp³-hybridized carbons (Fsp3) is 0.933. The van der Waals surface area contributed by atoms with Crippen LogP contribution in [0, 0.1) is 5.92 Å².